The van der Waals surface area contributed by atoms with E-state index >= 15 is 0 Å². The van der Waals surface area contributed by atoms with E-state index in [4.69, 9.17) is 4.98 Å². The number of aromatic nitrogens is 4. The first-order chi connectivity index (χ1) is 32.7. The third kappa shape index (κ3) is 7.06. The van der Waals surface area contributed by atoms with Crippen LogP contribution in [-0.2, 0) is 21.7 Å². The van der Waals surface area contributed by atoms with E-state index in [0.717, 1.165) is 72.2 Å². The normalized spacial score (nSPS) is 12.9. The van der Waals surface area contributed by atoms with E-state index in [9.17, 15) is 5.26 Å². The first kappa shape index (κ1) is 44.1. The largest absolute Gasteiger partial charge is 0.308 e. The first-order valence-corrected chi connectivity index (χ1v) is 24.4. The lowest BCUT2D eigenvalue weighted by molar-refractivity contribution is 0.590. The lowest BCUT2D eigenvalue weighted by Gasteiger charge is -2.22. The second-order valence-corrected chi connectivity index (χ2v) is 23.3. The summed E-state index contributed by atoms with van der Waals surface area (Å²) in [6, 6.07) is 56.6. The van der Waals surface area contributed by atoms with Crippen molar-refractivity contribution in [3.63, 3.8) is 0 Å². The fourth-order valence-corrected chi connectivity index (χ4v) is 10.6. The second-order valence-electron chi connectivity index (χ2n) is 23.3. The molecule has 7 aromatic carbocycles. The smallest absolute Gasteiger partial charge is 0.145 e. The molecule has 0 fully saturated rings. The SMILES string of the molecule is CC(C)(C)c1ccc2c(c1)c1cc(C(C)(C)C)ccc1n2-c1cc(-c2ccccc2-n2c3ccccc3c3cccnc32)cc(-n2c3ccc(C(C)(C)C)cc3c3cc(C(C)(C)C)ccc32)c1C#N. The molecule has 5 nitrogen and oxygen atoms in total. The van der Waals surface area contributed by atoms with E-state index in [-0.39, 0.29) is 21.7 Å². The summed E-state index contributed by atoms with van der Waals surface area (Å²) in [6.07, 6.45) is 1.88. The van der Waals surface area contributed by atoms with Crippen LogP contribution >= 0.6 is 0 Å². The maximum absolute atomic E-state index is 11.9. The van der Waals surface area contributed by atoms with Gasteiger partial charge in [0.2, 0.25) is 0 Å². The Morgan fingerprint density at radius 3 is 1.20 bits per heavy atom. The Kier molecular flexibility index (Phi) is 9.78. The van der Waals surface area contributed by atoms with Crippen LogP contribution < -0.4 is 0 Å². The van der Waals surface area contributed by atoms with Crippen LogP contribution in [0.4, 0.5) is 0 Å². The number of hydrogen-bond donors (Lipinski definition) is 0. The molecule has 342 valence electrons. The molecule has 0 unspecified atom stereocenters. The van der Waals surface area contributed by atoms with Crippen molar-refractivity contribution in [3.05, 3.63) is 180 Å². The van der Waals surface area contributed by atoms with Crippen LogP contribution in [0.3, 0.4) is 0 Å². The second kappa shape index (κ2) is 15.3. The molecule has 0 radical (unpaired) electrons. The molecule has 0 N–H and O–H groups in total. The van der Waals surface area contributed by atoms with Gasteiger partial charge in [0.05, 0.1) is 44.6 Å². The molecule has 4 heterocycles. The van der Waals surface area contributed by atoms with Gasteiger partial charge in [0.25, 0.3) is 0 Å². The van der Waals surface area contributed by atoms with E-state index in [1.165, 1.54) is 43.8 Å². The maximum atomic E-state index is 11.9. The number of fused-ring (bicyclic) bond motifs is 9. The van der Waals surface area contributed by atoms with Crippen molar-refractivity contribution in [1.82, 2.24) is 18.7 Å². The van der Waals surface area contributed by atoms with Gasteiger partial charge in [-0.15, -0.1) is 0 Å². The Morgan fingerprint density at radius 2 is 0.768 bits per heavy atom. The van der Waals surface area contributed by atoms with Gasteiger partial charge in [0.1, 0.15) is 17.3 Å². The number of hydrogen-bond acceptors (Lipinski definition) is 2. The molecular formula is C64H61N5. The van der Waals surface area contributed by atoms with Crippen LogP contribution in [-0.4, -0.2) is 18.7 Å². The van der Waals surface area contributed by atoms with Gasteiger partial charge in [-0.1, -0.05) is 144 Å². The number of nitriles is 1. The molecule has 0 atom stereocenters. The minimum atomic E-state index is -0.0588. The van der Waals surface area contributed by atoms with Gasteiger partial charge in [-0.25, -0.2) is 4.98 Å². The van der Waals surface area contributed by atoms with E-state index in [2.05, 4.69) is 242 Å². The van der Waals surface area contributed by atoms with Crippen LogP contribution in [0.15, 0.2) is 152 Å². The summed E-state index contributed by atoms with van der Waals surface area (Å²) in [4.78, 5) is 5.02. The maximum Gasteiger partial charge on any atom is 0.145 e. The minimum Gasteiger partial charge on any atom is -0.308 e. The Bertz CT molecular complexity index is 3580. The van der Waals surface area contributed by atoms with E-state index in [0.29, 0.717) is 5.56 Å². The summed E-state index contributed by atoms with van der Waals surface area (Å²) in [6.45, 7) is 27.4. The van der Waals surface area contributed by atoms with Gasteiger partial charge in [-0.2, -0.15) is 5.26 Å². The Morgan fingerprint density at radius 1 is 0.377 bits per heavy atom. The number of pyridine rings is 1. The average molecular weight is 900 g/mol. The van der Waals surface area contributed by atoms with Crippen LogP contribution in [0.5, 0.6) is 0 Å². The molecule has 0 saturated carbocycles. The molecule has 0 amide bonds. The first-order valence-electron chi connectivity index (χ1n) is 24.4. The van der Waals surface area contributed by atoms with Gasteiger partial charge in [0.15, 0.2) is 0 Å². The van der Waals surface area contributed by atoms with Crippen molar-refractivity contribution >= 4 is 65.5 Å². The van der Waals surface area contributed by atoms with Crippen molar-refractivity contribution in [2.45, 2.75) is 105 Å². The average Bonchev–Trinajstić information content (AvgIpc) is 3.94. The van der Waals surface area contributed by atoms with Crippen molar-refractivity contribution in [2.75, 3.05) is 0 Å². The molecule has 11 rings (SSSR count). The van der Waals surface area contributed by atoms with Crippen molar-refractivity contribution in [2.24, 2.45) is 0 Å². The molecule has 0 spiro atoms. The van der Waals surface area contributed by atoms with Crippen molar-refractivity contribution < 1.29 is 0 Å². The molecule has 0 bridgehead atoms. The van der Waals surface area contributed by atoms with E-state index < -0.39 is 0 Å². The van der Waals surface area contributed by atoms with Gasteiger partial charge >= 0.3 is 0 Å². The zero-order valence-electron chi connectivity index (χ0n) is 42.2. The van der Waals surface area contributed by atoms with Crippen LogP contribution in [0.2, 0.25) is 0 Å². The molecular weight excluding hydrogens is 839 g/mol. The van der Waals surface area contributed by atoms with Gasteiger partial charge < -0.3 is 9.13 Å². The molecule has 5 heteroatoms. The monoisotopic (exact) mass is 899 g/mol. The van der Waals surface area contributed by atoms with E-state index in [1.54, 1.807) is 0 Å². The lowest BCUT2D eigenvalue weighted by Crippen LogP contribution is -2.11. The zero-order chi connectivity index (χ0) is 48.5. The summed E-state index contributed by atoms with van der Waals surface area (Å²) >= 11 is 0. The third-order valence-electron chi connectivity index (χ3n) is 14.6. The summed E-state index contributed by atoms with van der Waals surface area (Å²) in [5.74, 6) is 0. The van der Waals surface area contributed by atoms with Crippen molar-refractivity contribution in [3.8, 4) is 34.3 Å². The molecule has 0 saturated heterocycles. The molecule has 0 aliphatic heterocycles. The quantitative estimate of drug-likeness (QED) is 0.177. The van der Waals surface area contributed by atoms with Crippen LogP contribution in [0.1, 0.15) is 111 Å². The summed E-state index contributed by atoms with van der Waals surface area (Å²) < 4.78 is 7.04. The molecule has 11 aromatic rings. The van der Waals surface area contributed by atoms with Gasteiger partial charge in [-0.3, -0.25) is 4.57 Å². The third-order valence-corrected chi connectivity index (χ3v) is 14.6. The van der Waals surface area contributed by atoms with Crippen molar-refractivity contribution in [1.29, 1.82) is 5.26 Å². The highest BCUT2D eigenvalue weighted by Crippen LogP contribution is 2.45. The zero-order valence-corrected chi connectivity index (χ0v) is 42.2. The van der Waals surface area contributed by atoms with Gasteiger partial charge in [0, 0.05) is 44.1 Å². The minimum absolute atomic E-state index is 0.0588. The number of rotatable bonds is 4. The topological polar surface area (TPSA) is 51.5 Å². The standard InChI is InChI=1S/C64H61N5/c1-61(2,3)40-23-27-54-47(34-40)48-35-41(62(4,5)6)24-28-55(48)67(54)58-32-39(44-18-13-15-21-52(44)69-53-22-16-14-19-45(53)46-20-17-31-66-60(46)69)33-59(51(58)38-65)68-56-29-25-42(63(7,8)9)36-49(56)50-37-43(64(10,11)12)26-30-57(50)68/h13-37H,1-12H3. The molecule has 69 heavy (non-hydrogen) atoms. The van der Waals surface area contributed by atoms with Crippen LogP contribution in [0.25, 0.3) is 93.7 Å². The number of benzene rings is 7. The lowest BCUT2D eigenvalue weighted by atomic mass is 9.85. The number of nitrogens with zero attached hydrogens (tertiary/aromatic N) is 5. The predicted molar refractivity (Wildman–Crippen MR) is 292 cm³/mol. The summed E-state index contributed by atoms with van der Waals surface area (Å²) in [5, 5.41) is 18.9. The Balaban J connectivity index is 1.31. The van der Waals surface area contributed by atoms with Crippen LogP contribution in [0, 0.1) is 11.3 Å². The Hall–Kier alpha value is -7.42. The highest BCUT2D eigenvalue weighted by atomic mass is 15.1. The number of para-hydroxylation sites is 2. The Labute approximate surface area is 406 Å². The van der Waals surface area contributed by atoms with E-state index in [1.807, 2.05) is 12.3 Å². The highest BCUT2D eigenvalue weighted by Gasteiger charge is 2.28. The molecule has 0 aliphatic rings. The van der Waals surface area contributed by atoms with Gasteiger partial charge in [-0.05, 0) is 134 Å². The molecule has 0 aliphatic carbocycles. The fourth-order valence-electron chi connectivity index (χ4n) is 10.6. The fraction of sp³-hybridized carbons (Fsp3) is 0.250. The summed E-state index contributed by atoms with van der Waals surface area (Å²) in [7, 11) is 0. The highest BCUT2D eigenvalue weighted by molar-refractivity contribution is 6.13. The molecule has 4 aromatic heterocycles. The summed E-state index contributed by atoms with van der Waals surface area (Å²) in [5.41, 5.74) is 16.4. The predicted octanol–water partition coefficient (Wildman–Crippen LogP) is 17.1.